The third-order valence-corrected chi connectivity index (χ3v) is 4.60. The predicted octanol–water partition coefficient (Wildman–Crippen LogP) is 4.31. The van der Waals surface area contributed by atoms with Crippen LogP contribution in [0.25, 0.3) is 0 Å². The molecule has 0 aliphatic carbocycles. The molecule has 7 heteroatoms. The van der Waals surface area contributed by atoms with Crippen LogP contribution in [0.15, 0.2) is 54.6 Å². The molecule has 0 saturated heterocycles. The second-order valence-electron chi connectivity index (χ2n) is 7.68. The number of nitrogens with one attached hydrogen (secondary N) is 2. The van der Waals surface area contributed by atoms with Crippen molar-refractivity contribution in [3.05, 3.63) is 71.3 Å². The zero-order valence-electron chi connectivity index (χ0n) is 16.6. The van der Waals surface area contributed by atoms with Gasteiger partial charge in [0.2, 0.25) is 5.91 Å². The van der Waals surface area contributed by atoms with E-state index in [0.717, 1.165) is 12.1 Å². The van der Waals surface area contributed by atoms with Gasteiger partial charge in [-0.15, -0.1) is 0 Å². The van der Waals surface area contributed by atoms with Crippen LogP contribution in [0.4, 0.5) is 13.2 Å². The Morgan fingerprint density at radius 1 is 0.966 bits per heavy atom. The van der Waals surface area contributed by atoms with Crippen molar-refractivity contribution >= 4 is 11.8 Å². The standard InChI is InChI=1S/C22H25F3N2O2/c1-15(27-20(29)16-8-5-4-6-9-16)12-19(28)26-14-21(2,3)17-10-7-11-18(13-17)22(23,24)25/h4-11,13,15H,12,14H2,1-3H3,(H,26,28)(H,27,29). The maximum atomic E-state index is 12.9. The van der Waals surface area contributed by atoms with Crippen molar-refractivity contribution in [1.29, 1.82) is 0 Å². The molecule has 0 aromatic heterocycles. The number of amides is 2. The van der Waals surface area contributed by atoms with E-state index in [1.165, 1.54) is 6.07 Å². The van der Waals surface area contributed by atoms with E-state index in [1.54, 1.807) is 57.2 Å². The summed E-state index contributed by atoms with van der Waals surface area (Å²) in [5, 5.41) is 5.51. The lowest BCUT2D eigenvalue weighted by atomic mass is 9.83. The third-order valence-electron chi connectivity index (χ3n) is 4.60. The van der Waals surface area contributed by atoms with E-state index in [4.69, 9.17) is 0 Å². The minimum Gasteiger partial charge on any atom is -0.355 e. The van der Waals surface area contributed by atoms with Gasteiger partial charge < -0.3 is 10.6 Å². The van der Waals surface area contributed by atoms with Crippen molar-refractivity contribution in [2.45, 2.75) is 44.8 Å². The molecule has 1 unspecified atom stereocenters. The van der Waals surface area contributed by atoms with Crippen molar-refractivity contribution in [3.8, 4) is 0 Å². The second-order valence-corrected chi connectivity index (χ2v) is 7.68. The van der Waals surface area contributed by atoms with E-state index in [9.17, 15) is 22.8 Å². The molecule has 156 valence electrons. The largest absolute Gasteiger partial charge is 0.416 e. The van der Waals surface area contributed by atoms with E-state index >= 15 is 0 Å². The summed E-state index contributed by atoms with van der Waals surface area (Å²) in [6.45, 7) is 5.43. The number of hydrogen-bond acceptors (Lipinski definition) is 2. The number of rotatable bonds is 7. The van der Waals surface area contributed by atoms with Gasteiger partial charge in [0.05, 0.1) is 5.56 Å². The van der Waals surface area contributed by atoms with Crippen molar-refractivity contribution < 1.29 is 22.8 Å². The summed E-state index contributed by atoms with van der Waals surface area (Å²) < 4.78 is 38.8. The van der Waals surface area contributed by atoms with Gasteiger partial charge in [0.15, 0.2) is 0 Å². The molecule has 4 nitrogen and oxygen atoms in total. The first-order valence-electron chi connectivity index (χ1n) is 9.29. The number of alkyl halides is 3. The van der Waals surface area contributed by atoms with Crippen molar-refractivity contribution in [3.63, 3.8) is 0 Å². The molecule has 1 atom stereocenters. The molecule has 2 amide bonds. The molecule has 0 bridgehead atoms. The Balaban J connectivity index is 1.90. The summed E-state index contributed by atoms with van der Waals surface area (Å²) in [6.07, 6.45) is -4.35. The highest BCUT2D eigenvalue weighted by Crippen LogP contribution is 2.32. The minimum absolute atomic E-state index is 0.0667. The van der Waals surface area contributed by atoms with Gasteiger partial charge in [-0.3, -0.25) is 9.59 Å². The van der Waals surface area contributed by atoms with Crippen LogP contribution in [0.1, 0.15) is 48.7 Å². The highest BCUT2D eigenvalue weighted by Gasteiger charge is 2.32. The topological polar surface area (TPSA) is 58.2 Å². The molecule has 0 fully saturated rings. The van der Waals surface area contributed by atoms with E-state index < -0.39 is 17.2 Å². The van der Waals surface area contributed by atoms with Crippen LogP contribution in [0.5, 0.6) is 0 Å². The molecule has 2 aromatic carbocycles. The Hall–Kier alpha value is -2.83. The van der Waals surface area contributed by atoms with Crippen LogP contribution in [0.3, 0.4) is 0 Å². The van der Waals surface area contributed by atoms with Crippen LogP contribution in [0, 0.1) is 0 Å². The lowest BCUT2D eigenvalue weighted by Crippen LogP contribution is -2.41. The average molecular weight is 406 g/mol. The van der Waals surface area contributed by atoms with Crippen molar-refractivity contribution in [2.75, 3.05) is 6.54 Å². The lowest BCUT2D eigenvalue weighted by Gasteiger charge is -2.27. The molecule has 2 N–H and O–H groups in total. The smallest absolute Gasteiger partial charge is 0.355 e. The van der Waals surface area contributed by atoms with E-state index in [1.807, 2.05) is 0 Å². The Bertz CT molecular complexity index is 849. The third kappa shape index (κ3) is 6.62. The van der Waals surface area contributed by atoms with Crippen LogP contribution in [0.2, 0.25) is 0 Å². The highest BCUT2D eigenvalue weighted by molar-refractivity contribution is 5.94. The Labute approximate surface area is 168 Å². The van der Waals surface area contributed by atoms with Crippen LogP contribution in [-0.2, 0) is 16.4 Å². The molecule has 0 aliphatic heterocycles. The fourth-order valence-electron chi connectivity index (χ4n) is 2.84. The van der Waals surface area contributed by atoms with E-state index in [2.05, 4.69) is 10.6 Å². The van der Waals surface area contributed by atoms with Gasteiger partial charge in [0.25, 0.3) is 5.91 Å². The summed E-state index contributed by atoms with van der Waals surface area (Å²) in [5.74, 6) is -0.555. The first kappa shape index (κ1) is 22.5. The highest BCUT2D eigenvalue weighted by atomic mass is 19.4. The predicted molar refractivity (Wildman–Crippen MR) is 105 cm³/mol. The molecular formula is C22H25F3N2O2. The Kier molecular flexibility index (Phi) is 7.06. The maximum absolute atomic E-state index is 12.9. The quantitative estimate of drug-likeness (QED) is 0.720. The Morgan fingerprint density at radius 3 is 2.21 bits per heavy atom. The average Bonchev–Trinajstić information content (AvgIpc) is 2.66. The van der Waals surface area contributed by atoms with E-state index in [0.29, 0.717) is 11.1 Å². The monoisotopic (exact) mass is 406 g/mol. The number of carbonyl (C=O) groups is 2. The summed E-state index contributed by atoms with van der Waals surface area (Å²) in [5.41, 5.74) is -0.414. The van der Waals surface area contributed by atoms with Gasteiger partial charge in [0.1, 0.15) is 0 Å². The Morgan fingerprint density at radius 2 is 1.59 bits per heavy atom. The molecule has 0 saturated carbocycles. The van der Waals surface area contributed by atoms with Crippen LogP contribution < -0.4 is 10.6 Å². The lowest BCUT2D eigenvalue weighted by molar-refractivity contribution is -0.137. The number of carbonyl (C=O) groups excluding carboxylic acids is 2. The first-order valence-corrected chi connectivity index (χ1v) is 9.29. The van der Waals surface area contributed by atoms with Gasteiger partial charge in [-0.05, 0) is 30.7 Å². The fraction of sp³-hybridized carbons (Fsp3) is 0.364. The first-order chi connectivity index (χ1) is 13.5. The summed E-state index contributed by atoms with van der Waals surface area (Å²) in [7, 11) is 0. The van der Waals surface area contributed by atoms with Crippen molar-refractivity contribution in [1.82, 2.24) is 10.6 Å². The van der Waals surface area contributed by atoms with Gasteiger partial charge in [-0.1, -0.05) is 50.2 Å². The van der Waals surface area contributed by atoms with Gasteiger partial charge in [-0.25, -0.2) is 0 Å². The molecule has 0 radical (unpaired) electrons. The molecule has 0 aliphatic rings. The van der Waals surface area contributed by atoms with Crippen LogP contribution >= 0.6 is 0 Å². The minimum atomic E-state index is -4.41. The zero-order valence-corrected chi connectivity index (χ0v) is 16.6. The summed E-state index contributed by atoms with van der Waals surface area (Å²) in [6, 6.07) is 13.4. The van der Waals surface area contributed by atoms with Gasteiger partial charge >= 0.3 is 6.18 Å². The van der Waals surface area contributed by atoms with E-state index in [-0.39, 0.29) is 30.8 Å². The molecule has 2 rings (SSSR count). The molecule has 2 aromatic rings. The second kappa shape index (κ2) is 9.11. The number of hydrogen-bond donors (Lipinski definition) is 2. The fourth-order valence-corrected chi connectivity index (χ4v) is 2.84. The number of benzene rings is 2. The molecule has 0 spiro atoms. The summed E-state index contributed by atoms with van der Waals surface area (Å²) >= 11 is 0. The molecule has 29 heavy (non-hydrogen) atoms. The van der Waals surface area contributed by atoms with Gasteiger partial charge in [0, 0.05) is 30.0 Å². The SMILES string of the molecule is CC(CC(=O)NCC(C)(C)c1cccc(C(F)(F)F)c1)NC(=O)c1ccccc1. The molecule has 0 heterocycles. The maximum Gasteiger partial charge on any atom is 0.416 e. The van der Waals surface area contributed by atoms with Gasteiger partial charge in [-0.2, -0.15) is 13.2 Å². The van der Waals surface area contributed by atoms with Crippen molar-refractivity contribution in [2.24, 2.45) is 0 Å². The summed E-state index contributed by atoms with van der Waals surface area (Å²) in [4.78, 5) is 24.4. The molecular weight excluding hydrogens is 381 g/mol. The zero-order chi connectivity index (χ0) is 21.7. The normalized spacial score (nSPS) is 12.9. The number of halogens is 3. The van der Waals surface area contributed by atoms with Crippen LogP contribution in [-0.4, -0.2) is 24.4 Å².